The summed E-state index contributed by atoms with van der Waals surface area (Å²) in [6.07, 6.45) is 0. The number of rotatable bonds is 6. The van der Waals surface area contributed by atoms with Crippen molar-refractivity contribution in [1.29, 1.82) is 0 Å². The van der Waals surface area contributed by atoms with Crippen LogP contribution in [0.3, 0.4) is 0 Å². The maximum atomic E-state index is 12.3. The van der Waals surface area contributed by atoms with E-state index in [2.05, 4.69) is 20.7 Å². The van der Waals surface area contributed by atoms with Gasteiger partial charge in [0.2, 0.25) is 0 Å². The van der Waals surface area contributed by atoms with Crippen LogP contribution < -0.4 is 10.2 Å². The molecule has 27 heavy (non-hydrogen) atoms. The van der Waals surface area contributed by atoms with E-state index in [1.807, 2.05) is 31.2 Å². The maximum absolute atomic E-state index is 12.3. The minimum Gasteiger partial charge on any atom is -0.508 e. The summed E-state index contributed by atoms with van der Waals surface area (Å²) in [4.78, 5) is 12.3. The summed E-state index contributed by atoms with van der Waals surface area (Å²) in [6.45, 7) is 4.31. The van der Waals surface area contributed by atoms with Gasteiger partial charge in [0.1, 0.15) is 17.2 Å². The van der Waals surface area contributed by atoms with Gasteiger partial charge in [-0.15, -0.1) is 0 Å². The molecule has 138 valence electrons. The summed E-state index contributed by atoms with van der Waals surface area (Å²) in [6, 6.07) is 15.7. The molecule has 1 aromatic heterocycles. The van der Waals surface area contributed by atoms with Crippen molar-refractivity contribution in [3.63, 3.8) is 0 Å². The summed E-state index contributed by atoms with van der Waals surface area (Å²) < 4.78 is 5.42. The number of ether oxygens (including phenoxy) is 1. The monoisotopic (exact) mass is 364 g/mol. The van der Waals surface area contributed by atoms with Crippen LogP contribution in [-0.2, 0) is 0 Å². The van der Waals surface area contributed by atoms with Gasteiger partial charge in [-0.3, -0.25) is 9.89 Å². The molecule has 0 unspecified atom stereocenters. The second-order valence-electron chi connectivity index (χ2n) is 5.81. The zero-order valence-corrected chi connectivity index (χ0v) is 15.1. The zero-order valence-electron chi connectivity index (χ0n) is 15.1. The molecule has 0 aliphatic heterocycles. The zero-order chi connectivity index (χ0) is 19.2. The third-order valence-electron chi connectivity index (χ3n) is 3.89. The second-order valence-corrected chi connectivity index (χ2v) is 5.81. The van der Waals surface area contributed by atoms with Crippen molar-refractivity contribution in [3.8, 4) is 22.8 Å². The van der Waals surface area contributed by atoms with Gasteiger partial charge in [0.25, 0.3) is 5.91 Å². The molecule has 3 aromatic rings. The predicted molar refractivity (Wildman–Crippen MR) is 103 cm³/mol. The predicted octanol–water partition coefficient (Wildman–Crippen LogP) is 3.34. The Bertz CT molecular complexity index is 944. The number of benzene rings is 2. The first-order chi connectivity index (χ1) is 13.1. The van der Waals surface area contributed by atoms with Gasteiger partial charge in [0, 0.05) is 5.56 Å². The Morgan fingerprint density at radius 2 is 1.89 bits per heavy atom. The highest BCUT2D eigenvalue weighted by Crippen LogP contribution is 2.21. The van der Waals surface area contributed by atoms with Crippen LogP contribution in [0.25, 0.3) is 11.3 Å². The summed E-state index contributed by atoms with van der Waals surface area (Å²) in [7, 11) is 0. The van der Waals surface area contributed by atoms with Gasteiger partial charge in [-0.2, -0.15) is 10.2 Å². The molecule has 2 aromatic carbocycles. The van der Waals surface area contributed by atoms with E-state index in [4.69, 9.17) is 4.74 Å². The quantitative estimate of drug-likeness (QED) is 0.461. The van der Waals surface area contributed by atoms with E-state index in [-0.39, 0.29) is 5.75 Å². The summed E-state index contributed by atoms with van der Waals surface area (Å²) in [5.41, 5.74) is 5.75. The SMILES string of the molecule is CCOc1ccc(-c2cc(C(=O)NN=C(C)c3ccc(O)cc3)[nH]n2)cc1. The molecule has 7 nitrogen and oxygen atoms in total. The van der Waals surface area contributed by atoms with Gasteiger partial charge in [-0.05, 0) is 74.0 Å². The standard InChI is InChI=1S/C20H20N4O3/c1-3-27-17-10-6-15(7-11-17)18-12-19(23-22-18)20(26)24-21-13(2)14-4-8-16(25)9-5-14/h4-12,25H,3H2,1-2H3,(H,22,23)(H,24,26). The number of carbonyl (C=O) groups is 1. The highest BCUT2D eigenvalue weighted by Gasteiger charge is 2.11. The Hall–Kier alpha value is -3.61. The molecule has 3 N–H and O–H groups in total. The lowest BCUT2D eigenvalue weighted by molar-refractivity contribution is 0.0950. The first-order valence-corrected chi connectivity index (χ1v) is 8.49. The number of aromatic nitrogens is 2. The number of aromatic amines is 1. The van der Waals surface area contributed by atoms with Crippen LogP contribution >= 0.6 is 0 Å². The van der Waals surface area contributed by atoms with Crippen LogP contribution in [-0.4, -0.2) is 33.5 Å². The second kappa shape index (κ2) is 8.18. The molecule has 0 radical (unpaired) electrons. The molecule has 0 atom stereocenters. The number of hydrazone groups is 1. The lowest BCUT2D eigenvalue weighted by atomic mass is 10.1. The van der Waals surface area contributed by atoms with Crippen molar-refractivity contribution in [3.05, 3.63) is 65.9 Å². The smallest absolute Gasteiger partial charge is 0.289 e. The third-order valence-corrected chi connectivity index (χ3v) is 3.89. The third kappa shape index (κ3) is 4.52. The van der Waals surface area contributed by atoms with Crippen LogP contribution in [0.5, 0.6) is 11.5 Å². The van der Waals surface area contributed by atoms with Crippen molar-refractivity contribution in [2.45, 2.75) is 13.8 Å². The van der Waals surface area contributed by atoms with Gasteiger partial charge >= 0.3 is 0 Å². The lowest BCUT2D eigenvalue weighted by Gasteiger charge is -2.03. The number of phenolic OH excluding ortho intramolecular Hbond substituents is 1. The molecule has 0 aliphatic rings. The van der Waals surface area contributed by atoms with Crippen molar-refractivity contribution in [2.24, 2.45) is 5.10 Å². The Morgan fingerprint density at radius 3 is 2.56 bits per heavy atom. The number of nitrogens with zero attached hydrogens (tertiary/aromatic N) is 2. The van der Waals surface area contributed by atoms with Crippen molar-refractivity contribution < 1.29 is 14.6 Å². The van der Waals surface area contributed by atoms with Crippen LogP contribution in [0, 0.1) is 0 Å². The van der Waals surface area contributed by atoms with E-state index in [0.29, 0.717) is 23.7 Å². The molecule has 0 bridgehead atoms. The highest BCUT2D eigenvalue weighted by molar-refractivity contribution is 6.00. The fraction of sp³-hybridized carbons (Fsp3) is 0.150. The van der Waals surface area contributed by atoms with Crippen molar-refractivity contribution >= 4 is 11.6 Å². The van der Waals surface area contributed by atoms with Crippen molar-refractivity contribution in [2.75, 3.05) is 6.61 Å². The minimum absolute atomic E-state index is 0.176. The first kappa shape index (κ1) is 18.2. The van der Waals surface area contributed by atoms with E-state index in [0.717, 1.165) is 16.9 Å². The summed E-state index contributed by atoms with van der Waals surface area (Å²) >= 11 is 0. The number of carbonyl (C=O) groups excluding carboxylic acids is 1. The molecular formula is C20H20N4O3. The largest absolute Gasteiger partial charge is 0.508 e. The molecule has 0 aliphatic carbocycles. The van der Waals surface area contributed by atoms with Crippen LogP contribution in [0.2, 0.25) is 0 Å². The van der Waals surface area contributed by atoms with Crippen LogP contribution in [0.4, 0.5) is 0 Å². The van der Waals surface area contributed by atoms with E-state index in [1.54, 1.807) is 37.3 Å². The lowest BCUT2D eigenvalue weighted by Crippen LogP contribution is -2.19. The normalized spacial score (nSPS) is 11.3. The average molecular weight is 364 g/mol. The number of nitrogens with one attached hydrogen (secondary N) is 2. The topological polar surface area (TPSA) is 99.6 Å². The van der Waals surface area contributed by atoms with E-state index in [9.17, 15) is 9.90 Å². The average Bonchev–Trinajstić information content (AvgIpc) is 3.17. The molecule has 0 saturated carbocycles. The number of amides is 1. The molecule has 1 amide bonds. The molecule has 1 heterocycles. The molecular weight excluding hydrogens is 344 g/mol. The Labute approximate surface area is 156 Å². The number of aromatic hydroxyl groups is 1. The first-order valence-electron chi connectivity index (χ1n) is 8.49. The van der Waals surface area contributed by atoms with Crippen LogP contribution in [0.15, 0.2) is 59.7 Å². The number of phenols is 1. The fourth-order valence-corrected chi connectivity index (χ4v) is 2.44. The van der Waals surface area contributed by atoms with E-state index in [1.165, 1.54) is 0 Å². The van der Waals surface area contributed by atoms with Crippen molar-refractivity contribution in [1.82, 2.24) is 15.6 Å². The molecule has 0 saturated heterocycles. The molecule has 7 heteroatoms. The summed E-state index contributed by atoms with van der Waals surface area (Å²) in [5.74, 6) is 0.571. The molecule has 0 fully saturated rings. The Kier molecular flexibility index (Phi) is 5.51. The minimum atomic E-state index is -0.391. The number of H-pyrrole nitrogens is 1. The van der Waals surface area contributed by atoms with E-state index < -0.39 is 5.91 Å². The Morgan fingerprint density at radius 1 is 1.19 bits per heavy atom. The fourth-order valence-electron chi connectivity index (χ4n) is 2.44. The molecule has 3 rings (SSSR count). The van der Waals surface area contributed by atoms with Gasteiger partial charge in [-0.25, -0.2) is 5.43 Å². The van der Waals surface area contributed by atoms with Gasteiger partial charge in [-0.1, -0.05) is 0 Å². The number of hydrogen-bond acceptors (Lipinski definition) is 5. The molecule has 0 spiro atoms. The number of hydrogen-bond donors (Lipinski definition) is 3. The van der Waals surface area contributed by atoms with E-state index >= 15 is 0 Å². The van der Waals surface area contributed by atoms with Gasteiger partial charge in [0.05, 0.1) is 18.0 Å². The maximum Gasteiger partial charge on any atom is 0.289 e. The highest BCUT2D eigenvalue weighted by atomic mass is 16.5. The van der Waals surface area contributed by atoms with Gasteiger partial charge < -0.3 is 9.84 Å². The van der Waals surface area contributed by atoms with Gasteiger partial charge in [0.15, 0.2) is 0 Å². The van der Waals surface area contributed by atoms with Crippen LogP contribution in [0.1, 0.15) is 29.9 Å². The Balaban J connectivity index is 1.67. The summed E-state index contributed by atoms with van der Waals surface area (Å²) in [5, 5.41) is 20.3.